The third kappa shape index (κ3) is 5.04. The number of hydrogen-bond donors (Lipinski definition) is 1. The van der Waals surface area contributed by atoms with Crippen molar-refractivity contribution in [1.82, 2.24) is 14.8 Å². The molecule has 0 atom stereocenters. The monoisotopic (exact) mass is 366 g/mol. The summed E-state index contributed by atoms with van der Waals surface area (Å²) in [5, 5.41) is 3.29. The summed E-state index contributed by atoms with van der Waals surface area (Å²) < 4.78 is 26.7. The third-order valence-electron chi connectivity index (χ3n) is 4.14. The molecule has 3 rings (SSSR count). The van der Waals surface area contributed by atoms with E-state index in [2.05, 4.69) is 27.1 Å². The number of halogens is 2. The van der Waals surface area contributed by atoms with Crippen molar-refractivity contribution in [3.63, 3.8) is 0 Å². The van der Waals surface area contributed by atoms with Gasteiger partial charge in [-0.3, -0.25) is 9.69 Å². The first-order chi connectivity index (χ1) is 12.0. The van der Waals surface area contributed by atoms with E-state index in [1.807, 2.05) is 0 Å². The second kappa shape index (κ2) is 7.99. The Morgan fingerprint density at radius 3 is 2.76 bits per heavy atom. The van der Waals surface area contributed by atoms with Gasteiger partial charge in [0, 0.05) is 49.7 Å². The first kappa shape index (κ1) is 17.9. The highest BCUT2D eigenvalue weighted by Crippen LogP contribution is 2.22. The molecule has 1 aliphatic heterocycles. The van der Waals surface area contributed by atoms with Gasteiger partial charge >= 0.3 is 0 Å². The molecule has 2 heterocycles. The molecule has 1 aliphatic rings. The molecule has 2 aromatic rings. The van der Waals surface area contributed by atoms with Gasteiger partial charge in [0.1, 0.15) is 11.6 Å². The Hall–Kier alpha value is -1.90. The average Bonchev–Trinajstić information content (AvgIpc) is 2.99. The van der Waals surface area contributed by atoms with E-state index >= 15 is 0 Å². The molecule has 0 radical (unpaired) electrons. The maximum Gasteiger partial charge on any atom is 0.240 e. The molecule has 1 fully saturated rings. The number of benzene rings is 1. The number of piperazine rings is 1. The molecule has 1 saturated heterocycles. The number of aromatic nitrogens is 1. The average molecular weight is 366 g/mol. The Bertz CT molecular complexity index is 744. The molecule has 1 N–H and O–H groups in total. The topological polar surface area (TPSA) is 48.5 Å². The van der Waals surface area contributed by atoms with Crippen LogP contribution in [0.4, 0.5) is 13.9 Å². The molecule has 0 spiro atoms. The van der Waals surface area contributed by atoms with Gasteiger partial charge in [-0.1, -0.05) is 6.07 Å². The number of anilines is 1. The minimum absolute atomic E-state index is 0.0987. The van der Waals surface area contributed by atoms with Crippen LogP contribution in [-0.4, -0.2) is 60.5 Å². The van der Waals surface area contributed by atoms with Gasteiger partial charge in [0.25, 0.3) is 0 Å². The first-order valence-corrected chi connectivity index (χ1v) is 8.90. The van der Waals surface area contributed by atoms with Gasteiger partial charge in [0.05, 0.1) is 6.54 Å². The highest BCUT2D eigenvalue weighted by molar-refractivity contribution is 7.15. The van der Waals surface area contributed by atoms with Crippen molar-refractivity contribution in [2.45, 2.75) is 6.42 Å². The highest BCUT2D eigenvalue weighted by Gasteiger charge is 2.17. The standard InChI is InChI=1S/C17H20F2N4OS/c1-22-4-6-23(7-5-22)11-16(24)21-17-20-10-14(25-17)8-12-2-3-13(18)9-15(12)19/h2-3,9-10H,4-8,11H2,1H3,(H,20,21,24). The number of rotatable bonds is 5. The van der Waals surface area contributed by atoms with Crippen LogP contribution in [0, 0.1) is 11.6 Å². The predicted octanol–water partition coefficient (Wildman–Crippen LogP) is 2.20. The maximum atomic E-state index is 13.7. The molecule has 1 aromatic carbocycles. The molecule has 0 bridgehead atoms. The van der Waals surface area contributed by atoms with Gasteiger partial charge in [-0.05, 0) is 18.7 Å². The van der Waals surface area contributed by atoms with Crippen molar-refractivity contribution in [2.24, 2.45) is 0 Å². The summed E-state index contributed by atoms with van der Waals surface area (Å²) >= 11 is 1.30. The number of carbonyl (C=O) groups excluding carboxylic acids is 1. The Balaban J connectivity index is 1.53. The van der Waals surface area contributed by atoms with Gasteiger partial charge < -0.3 is 10.2 Å². The van der Waals surface area contributed by atoms with Crippen molar-refractivity contribution in [1.29, 1.82) is 0 Å². The number of nitrogens with zero attached hydrogens (tertiary/aromatic N) is 3. The molecule has 1 amide bonds. The molecular weight excluding hydrogens is 346 g/mol. The van der Waals surface area contributed by atoms with E-state index in [0.717, 1.165) is 37.1 Å². The lowest BCUT2D eigenvalue weighted by Gasteiger charge is -2.31. The predicted molar refractivity (Wildman–Crippen MR) is 93.8 cm³/mol. The maximum absolute atomic E-state index is 13.7. The fraction of sp³-hybridized carbons (Fsp3) is 0.412. The second-order valence-electron chi connectivity index (χ2n) is 6.17. The van der Waals surface area contributed by atoms with Crippen molar-refractivity contribution in [3.8, 4) is 0 Å². The summed E-state index contributed by atoms with van der Waals surface area (Å²) in [6.45, 7) is 4.00. The van der Waals surface area contributed by atoms with Crippen LogP contribution in [0.5, 0.6) is 0 Å². The van der Waals surface area contributed by atoms with Crippen molar-refractivity contribution >= 4 is 22.4 Å². The Labute approximate surface area is 149 Å². The Morgan fingerprint density at radius 2 is 2.04 bits per heavy atom. The summed E-state index contributed by atoms with van der Waals surface area (Å²) in [5.41, 5.74) is 0.403. The minimum atomic E-state index is -0.595. The zero-order valence-electron chi connectivity index (χ0n) is 14.0. The van der Waals surface area contributed by atoms with Crippen LogP contribution in [0.2, 0.25) is 0 Å². The number of thiazole rings is 1. The molecule has 0 unspecified atom stereocenters. The fourth-order valence-corrected chi connectivity index (χ4v) is 3.52. The zero-order valence-corrected chi connectivity index (χ0v) is 14.8. The molecule has 0 saturated carbocycles. The lowest BCUT2D eigenvalue weighted by molar-refractivity contribution is -0.117. The minimum Gasteiger partial charge on any atom is -0.304 e. The van der Waals surface area contributed by atoms with Crippen LogP contribution in [0.1, 0.15) is 10.4 Å². The van der Waals surface area contributed by atoms with E-state index in [1.54, 1.807) is 6.20 Å². The second-order valence-corrected chi connectivity index (χ2v) is 7.29. The van der Waals surface area contributed by atoms with Crippen molar-refractivity contribution in [3.05, 3.63) is 46.5 Å². The largest absolute Gasteiger partial charge is 0.304 e. The van der Waals surface area contributed by atoms with E-state index < -0.39 is 11.6 Å². The third-order valence-corrected chi connectivity index (χ3v) is 5.06. The molecule has 0 aliphatic carbocycles. The number of nitrogens with one attached hydrogen (secondary N) is 1. The molecule has 25 heavy (non-hydrogen) atoms. The molecule has 8 heteroatoms. The number of carbonyl (C=O) groups is 1. The van der Waals surface area contributed by atoms with Crippen molar-refractivity contribution in [2.75, 3.05) is 45.1 Å². The summed E-state index contributed by atoms with van der Waals surface area (Å²) in [4.78, 5) is 21.4. The fourth-order valence-electron chi connectivity index (χ4n) is 2.67. The van der Waals surface area contributed by atoms with E-state index in [1.165, 1.54) is 23.5 Å². The normalized spacial score (nSPS) is 16.1. The Morgan fingerprint density at radius 1 is 1.28 bits per heavy atom. The summed E-state index contributed by atoms with van der Waals surface area (Å²) in [7, 11) is 2.07. The van der Waals surface area contributed by atoms with Crippen LogP contribution in [0.15, 0.2) is 24.4 Å². The lowest BCUT2D eigenvalue weighted by Crippen LogP contribution is -2.47. The van der Waals surface area contributed by atoms with Crippen molar-refractivity contribution < 1.29 is 13.6 Å². The van der Waals surface area contributed by atoms with Gasteiger partial charge in [-0.2, -0.15) is 0 Å². The van der Waals surface area contributed by atoms with E-state index in [9.17, 15) is 13.6 Å². The van der Waals surface area contributed by atoms with Gasteiger partial charge in [-0.15, -0.1) is 11.3 Å². The summed E-state index contributed by atoms with van der Waals surface area (Å²) in [5.74, 6) is -1.27. The van der Waals surface area contributed by atoms with E-state index in [0.29, 0.717) is 23.7 Å². The van der Waals surface area contributed by atoms with Gasteiger partial charge in [0.2, 0.25) is 5.91 Å². The highest BCUT2D eigenvalue weighted by atomic mass is 32.1. The summed E-state index contributed by atoms with van der Waals surface area (Å²) in [6, 6.07) is 3.53. The SMILES string of the molecule is CN1CCN(CC(=O)Nc2ncc(Cc3ccc(F)cc3F)s2)CC1. The van der Waals surface area contributed by atoms with Crippen LogP contribution in [0.3, 0.4) is 0 Å². The summed E-state index contributed by atoms with van der Waals surface area (Å²) in [6.07, 6.45) is 1.93. The smallest absolute Gasteiger partial charge is 0.240 e. The van der Waals surface area contributed by atoms with Crippen LogP contribution < -0.4 is 5.32 Å². The van der Waals surface area contributed by atoms with Gasteiger partial charge in [0.15, 0.2) is 5.13 Å². The lowest BCUT2D eigenvalue weighted by atomic mass is 10.1. The van der Waals surface area contributed by atoms with Crippen LogP contribution >= 0.6 is 11.3 Å². The molecule has 5 nitrogen and oxygen atoms in total. The van der Waals surface area contributed by atoms with Crippen LogP contribution in [0.25, 0.3) is 0 Å². The number of hydrogen-bond acceptors (Lipinski definition) is 5. The quantitative estimate of drug-likeness (QED) is 0.881. The first-order valence-electron chi connectivity index (χ1n) is 8.09. The van der Waals surface area contributed by atoms with Gasteiger partial charge in [-0.25, -0.2) is 13.8 Å². The zero-order chi connectivity index (χ0) is 17.8. The van der Waals surface area contributed by atoms with E-state index in [-0.39, 0.29) is 5.91 Å². The van der Waals surface area contributed by atoms with E-state index in [4.69, 9.17) is 0 Å². The number of likely N-dealkylation sites (N-methyl/N-ethyl adjacent to an activating group) is 1. The van der Waals surface area contributed by atoms with Crippen LogP contribution in [-0.2, 0) is 11.2 Å². The molecule has 134 valence electrons. The Kier molecular flexibility index (Phi) is 5.72. The molecular formula is C17H20F2N4OS. The number of amides is 1. The molecule has 1 aromatic heterocycles.